The molecule has 0 aliphatic carbocycles. The first kappa shape index (κ1) is 18.1. The molecule has 4 heteroatoms. The van der Waals surface area contributed by atoms with Gasteiger partial charge in [-0.15, -0.1) is 0 Å². The van der Waals surface area contributed by atoms with Crippen LogP contribution in [-0.4, -0.2) is 37.2 Å². The third kappa shape index (κ3) is 5.04. The summed E-state index contributed by atoms with van der Waals surface area (Å²) >= 11 is 1.90. The van der Waals surface area contributed by atoms with E-state index >= 15 is 0 Å². The number of methoxy groups -OCH3 is 1. The van der Waals surface area contributed by atoms with E-state index < -0.39 is 0 Å². The number of carbonyl (C=O) groups is 1. The molecule has 1 atom stereocenters. The fourth-order valence-corrected chi connectivity index (χ4v) is 3.29. The standard InChI is InChI=1S/C17H27NO2S/c1-5-17(6-2,21-4)13-18-12-15(16(19)20-3)14-10-8-7-9-11-14/h7-11,15,18H,5-6,12-13H2,1-4H3. The van der Waals surface area contributed by atoms with Crippen LogP contribution in [0.1, 0.15) is 38.2 Å². The van der Waals surface area contributed by atoms with Gasteiger partial charge in [-0.3, -0.25) is 4.79 Å². The van der Waals surface area contributed by atoms with Gasteiger partial charge >= 0.3 is 5.97 Å². The van der Waals surface area contributed by atoms with Gasteiger partial charge in [-0.25, -0.2) is 0 Å². The molecular formula is C17H27NO2S. The number of carbonyl (C=O) groups excluding carboxylic acids is 1. The van der Waals surface area contributed by atoms with Gasteiger partial charge in [0, 0.05) is 17.8 Å². The van der Waals surface area contributed by atoms with Crippen LogP contribution in [0.4, 0.5) is 0 Å². The smallest absolute Gasteiger partial charge is 0.314 e. The van der Waals surface area contributed by atoms with Crippen LogP contribution in [0.2, 0.25) is 0 Å². The second-order valence-electron chi connectivity index (χ2n) is 5.21. The maximum atomic E-state index is 12.0. The Morgan fingerprint density at radius 1 is 1.29 bits per heavy atom. The van der Waals surface area contributed by atoms with Crippen molar-refractivity contribution in [1.82, 2.24) is 5.32 Å². The topological polar surface area (TPSA) is 38.3 Å². The van der Waals surface area contributed by atoms with Crippen molar-refractivity contribution in [2.45, 2.75) is 37.4 Å². The zero-order chi connectivity index (χ0) is 15.7. The fourth-order valence-electron chi connectivity index (χ4n) is 2.47. The Morgan fingerprint density at radius 2 is 1.90 bits per heavy atom. The van der Waals surface area contributed by atoms with Crippen molar-refractivity contribution in [3.63, 3.8) is 0 Å². The van der Waals surface area contributed by atoms with E-state index in [4.69, 9.17) is 4.74 Å². The molecule has 0 saturated carbocycles. The Labute approximate surface area is 132 Å². The molecule has 0 amide bonds. The highest BCUT2D eigenvalue weighted by molar-refractivity contribution is 8.00. The number of hydrogen-bond acceptors (Lipinski definition) is 4. The maximum absolute atomic E-state index is 12.0. The molecule has 0 saturated heterocycles. The van der Waals surface area contributed by atoms with Crippen molar-refractivity contribution >= 4 is 17.7 Å². The molecule has 1 aromatic carbocycles. The van der Waals surface area contributed by atoms with Crippen LogP contribution in [-0.2, 0) is 9.53 Å². The second kappa shape index (κ2) is 9.11. The van der Waals surface area contributed by atoms with Gasteiger partial charge in [-0.05, 0) is 24.7 Å². The Bertz CT molecular complexity index is 410. The molecule has 0 fully saturated rings. The molecule has 1 rings (SSSR count). The van der Waals surface area contributed by atoms with Crippen molar-refractivity contribution in [3.8, 4) is 0 Å². The zero-order valence-corrected chi connectivity index (χ0v) is 14.3. The van der Waals surface area contributed by atoms with E-state index in [0.29, 0.717) is 6.54 Å². The van der Waals surface area contributed by atoms with Crippen LogP contribution in [0.3, 0.4) is 0 Å². The minimum atomic E-state index is -0.246. The van der Waals surface area contributed by atoms with Crippen molar-refractivity contribution in [2.75, 3.05) is 26.5 Å². The van der Waals surface area contributed by atoms with Crippen molar-refractivity contribution < 1.29 is 9.53 Å². The lowest BCUT2D eigenvalue weighted by Crippen LogP contribution is -2.39. The number of thioether (sulfide) groups is 1. The average molecular weight is 309 g/mol. The monoisotopic (exact) mass is 309 g/mol. The van der Waals surface area contributed by atoms with Crippen LogP contribution in [0, 0.1) is 0 Å². The Morgan fingerprint density at radius 3 is 2.38 bits per heavy atom. The molecule has 1 N–H and O–H groups in total. The molecule has 21 heavy (non-hydrogen) atoms. The molecular weight excluding hydrogens is 282 g/mol. The predicted molar refractivity (Wildman–Crippen MR) is 90.9 cm³/mol. The summed E-state index contributed by atoms with van der Waals surface area (Å²) in [4.78, 5) is 12.0. The van der Waals surface area contributed by atoms with Crippen LogP contribution >= 0.6 is 11.8 Å². The fraction of sp³-hybridized carbons (Fsp3) is 0.588. The zero-order valence-electron chi connectivity index (χ0n) is 13.5. The lowest BCUT2D eigenvalue weighted by atomic mass is 9.98. The molecule has 0 aliphatic heterocycles. The highest BCUT2D eigenvalue weighted by atomic mass is 32.2. The summed E-state index contributed by atoms with van der Waals surface area (Å²) < 4.78 is 5.19. The van der Waals surface area contributed by atoms with E-state index in [-0.39, 0.29) is 16.6 Å². The summed E-state index contributed by atoms with van der Waals surface area (Å²) in [6, 6.07) is 9.82. The van der Waals surface area contributed by atoms with E-state index in [1.165, 1.54) is 7.11 Å². The second-order valence-corrected chi connectivity index (χ2v) is 6.49. The number of esters is 1. The normalized spacial score (nSPS) is 13.0. The summed E-state index contributed by atoms with van der Waals surface area (Å²) in [5, 5.41) is 3.47. The van der Waals surface area contributed by atoms with E-state index in [1.807, 2.05) is 42.1 Å². The van der Waals surface area contributed by atoms with Crippen LogP contribution < -0.4 is 5.32 Å². The van der Waals surface area contributed by atoms with Gasteiger partial charge in [0.1, 0.15) is 0 Å². The molecule has 3 nitrogen and oxygen atoms in total. The average Bonchev–Trinajstić information content (AvgIpc) is 2.56. The van der Waals surface area contributed by atoms with Crippen LogP contribution in [0.25, 0.3) is 0 Å². The summed E-state index contributed by atoms with van der Waals surface area (Å²) in [7, 11) is 1.45. The Balaban J connectivity index is 2.69. The molecule has 0 aromatic heterocycles. The van der Waals surface area contributed by atoms with Gasteiger partial charge in [0.15, 0.2) is 0 Å². The summed E-state index contributed by atoms with van der Waals surface area (Å²) in [5.41, 5.74) is 1.000. The van der Waals surface area contributed by atoms with E-state index in [0.717, 1.165) is 24.9 Å². The van der Waals surface area contributed by atoms with E-state index in [1.54, 1.807) is 0 Å². The number of hydrogen-bond donors (Lipinski definition) is 1. The highest BCUT2D eigenvalue weighted by Gasteiger charge is 2.26. The predicted octanol–water partition coefficient (Wildman–Crippen LogP) is 3.45. The van der Waals surface area contributed by atoms with Gasteiger partial charge in [0.25, 0.3) is 0 Å². The first-order valence-electron chi connectivity index (χ1n) is 7.51. The Kier molecular flexibility index (Phi) is 7.83. The third-order valence-electron chi connectivity index (χ3n) is 4.20. The quantitative estimate of drug-likeness (QED) is 0.709. The van der Waals surface area contributed by atoms with Crippen molar-refractivity contribution in [1.29, 1.82) is 0 Å². The van der Waals surface area contributed by atoms with Gasteiger partial charge < -0.3 is 10.1 Å². The van der Waals surface area contributed by atoms with Gasteiger partial charge in [-0.1, -0.05) is 44.2 Å². The van der Waals surface area contributed by atoms with Gasteiger partial charge in [0.05, 0.1) is 13.0 Å². The van der Waals surface area contributed by atoms with E-state index in [9.17, 15) is 4.79 Å². The minimum absolute atomic E-state index is 0.184. The van der Waals surface area contributed by atoms with Crippen LogP contribution in [0.5, 0.6) is 0 Å². The van der Waals surface area contributed by atoms with Gasteiger partial charge in [-0.2, -0.15) is 11.8 Å². The molecule has 0 aliphatic rings. The lowest BCUT2D eigenvalue weighted by Gasteiger charge is -2.30. The van der Waals surface area contributed by atoms with E-state index in [2.05, 4.69) is 25.4 Å². The molecule has 0 bridgehead atoms. The van der Waals surface area contributed by atoms with Crippen molar-refractivity contribution in [3.05, 3.63) is 35.9 Å². The number of nitrogens with one attached hydrogen (secondary N) is 1. The summed E-state index contributed by atoms with van der Waals surface area (Å²) in [5.74, 6) is -0.430. The molecule has 1 unspecified atom stereocenters. The lowest BCUT2D eigenvalue weighted by molar-refractivity contribution is -0.142. The third-order valence-corrected chi connectivity index (χ3v) is 5.79. The molecule has 0 spiro atoms. The molecule has 1 aromatic rings. The summed E-state index contributed by atoms with van der Waals surface area (Å²) in [6.45, 7) is 5.95. The molecule has 0 radical (unpaired) electrons. The van der Waals surface area contributed by atoms with Crippen LogP contribution in [0.15, 0.2) is 30.3 Å². The SMILES string of the molecule is CCC(CC)(CNCC(C(=O)OC)c1ccccc1)SC. The largest absolute Gasteiger partial charge is 0.469 e. The number of benzene rings is 1. The number of ether oxygens (including phenoxy) is 1. The number of rotatable bonds is 9. The molecule has 118 valence electrons. The molecule has 0 heterocycles. The first-order valence-corrected chi connectivity index (χ1v) is 8.73. The maximum Gasteiger partial charge on any atom is 0.314 e. The highest BCUT2D eigenvalue weighted by Crippen LogP contribution is 2.29. The first-order chi connectivity index (χ1) is 10.1. The minimum Gasteiger partial charge on any atom is -0.469 e. The van der Waals surface area contributed by atoms with Gasteiger partial charge in [0.2, 0.25) is 0 Å². The Hall–Kier alpha value is -1.00. The summed E-state index contributed by atoms with van der Waals surface area (Å²) in [6.07, 6.45) is 4.39. The van der Waals surface area contributed by atoms with Crippen molar-refractivity contribution in [2.24, 2.45) is 0 Å².